The molecule has 8 nitrogen and oxygen atoms in total. The third kappa shape index (κ3) is 4.60. The molecule has 0 unspecified atom stereocenters. The quantitative estimate of drug-likeness (QED) is 0.631. The highest BCUT2D eigenvalue weighted by Gasteiger charge is 2.36. The summed E-state index contributed by atoms with van der Waals surface area (Å²) in [6, 6.07) is 8.43. The zero-order valence-corrected chi connectivity index (χ0v) is 16.8. The SMILES string of the molecule is Cc1cc(C)n(-c2ccc(=O)n(CCNS(=O)(=O)c3ccccc3C(F)(F)F)n2)n1. The van der Waals surface area contributed by atoms with Gasteiger partial charge in [0.05, 0.1) is 22.7 Å². The third-order valence-electron chi connectivity index (χ3n) is 4.18. The molecule has 0 spiro atoms. The summed E-state index contributed by atoms with van der Waals surface area (Å²) in [6.07, 6.45) is -4.82. The Labute approximate surface area is 170 Å². The van der Waals surface area contributed by atoms with Gasteiger partial charge in [-0.2, -0.15) is 18.3 Å². The molecule has 0 aliphatic heterocycles. The Morgan fingerprint density at radius 3 is 2.40 bits per heavy atom. The van der Waals surface area contributed by atoms with Gasteiger partial charge in [-0.3, -0.25) is 4.79 Å². The highest BCUT2D eigenvalue weighted by molar-refractivity contribution is 7.89. The molecule has 0 fully saturated rings. The molecule has 0 amide bonds. The van der Waals surface area contributed by atoms with Gasteiger partial charge in [-0.1, -0.05) is 12.1 Å². The molecule has 0 saturated heterocycles. The molecular formula is C18H18F3N5O3S. The summed E-state index contributed by atoms with van der Waals surface area (Å²) in [6.45, 7) is 3.10. The number of alkyl halides is 3. The molecule has 3 rings (SSSR count). The van der Waals surface area contributed by atoms with Gasteiger partial charge in [-0.15, -0.1) is 5.10 Å². The lowest BCUT2D eigenvalue weighted by atomic mass is 10.2. The predicted molar refractivity (Wildman–Crippen MR) is 102 cm³/mol. The van der Waals surface area contributed by atoms with E-state index < -0.39 is 32.2 Å². The Hall–Kier alpha value is -2.99. The van der Waals surface area contributed by atoms with E-state index in [0.29, 0.717) is 11.9 Å². The molecule has 3 aromatic rings. The summed E-state index contributed by atoms with van der Waals surface area (Å²) in [5.41, 5.74) is -0.215. The van der Waals surface area contributed by atoms with Crippen LogP contribution in [0.15, 0.2) is 52.2 Å². The first-order valence-corrected chi connectivity index (χ1v) is 10.2. The molecule has 1 aromatic carbocycles. The fourth-order valence-electron chi connectivity index (χ4n) is 2.87. The van der Waals surface area contributed by atoms with Crippen LogP contribution in [0.5, 0.6) is 0 Å². The van der Waals surface area contributed by atoms with Gasteiger partial charge in [0.1, 0.15) is 0 Å². The average molecular weight is 441 g/mol. The van der Waals surface area contributed by atoms with Crippen molar-refractivity contribution in [2.45, 2.75) is 31.5 Å². The molecule has 0 saturated carbocycles. The van der Waals surface area contributed by atoms with E-state index in [0.717, 1.165) is 28.2 Å². The van der Waals surface area contributed by atoms with Gasteiger partial charge in [-0.05, 0) is 38.1 Å². The minimum atomic E-state index is -4.82. The van der Waals surface area contributed by atoms with Crippen molar-refractivity contribution in [3.05, 3.63) is 69.8 Å². The number of aryl methyl sites for hydroxylation is 2. The zero-order valence-electron chi connectivity index (χ0n) is 16.0. The van der Waals surface area contributed by atoms with Crippen LogP contribution in [-0.4, -0.2) is 34.5 Å². The van der Waals surface area contributed by atoms with E-state index in [1.807, 2.05) is 13.0 Å². The maximum atomic E-state index is 13.1. The summed E-state index contributed by atoms with van der Waals surface area (Å²) in [7, 11) is -4.45. The van der Waals surface area contributed by atoms with Gasteiger partial charge in [0.25, 0.3) is 5.56 Å². The van der Waals surface area contributed by atoms with Crippen LogP contribution in [0.2, 0.25) is 0 Å². The second-order valence-electron chi connectivity index (χ2n) is 6.48. The van der Waals surface area contributed by atoms with Crippen LogP contribution in [0.25, 0.3) is 5.82 Å². The molecular weight excluding hydrogens is 423 g/mol. The van der Waals surface area contributed by atoms with E-state index in [4.69, 9.17) is 0 Å². The van der Waals surface area contributed by atoms with Crippen LogP contribution in [0.1, 0.15) is 17.0 Å². The third-order valence-corrected chi connectivity index (χ3v) is 5.70. The summed E-state index contributed by atoms with van der Waals surface area (Å²) < 4.78 is 68.7. The Bertz CT molecular complexity index is 1230. The van der Waals surface area contributed by atoms with E-state index in [1.165, 1.54) is 22.9 Å². The topological polar surface area (TPSA) is 98.9 Å². The molecule has 30 heavy (non-hydrogen) atoms. The molecule has 160 valence electrons. The molecule has 0 radical (unpaired) electrons. The number of benzene rings is 1. The van der Waals surface area contributed by atoms with Crippen LogP contribution in [0, 0.1) is 13.8 Å². The second kappa shape index (κ2) is 8.03. The molecule has 12 heteroatoms. The van der Waals surface area contributed by atoms with Crippen molar-refractivity contribution in [3.8, 4) is 5.82 Å². The number of halogens is 3. The largest absolute Gasteiger partial charge is 0.417 e. The van der Waals surface area contributed by atoms with Gasteiger partial charge >= 0.3 is 6.18 Å². The summed E-state index contributed by atoms with van der Waals surface area (Å²) >= 11 is 0. The van der Waals surface area contributed by atoms with Crippen molar-refractivity contribution < 1.29 is 21.6 Å². The standard InChI is InChI=1S/C18H18F3N5O3S/c1-12-11-13(2)26(23-12)16-7-8-17(27)25(24-16)10-9-22-30(28,29)15-6-4-3-5-14(15)18(19,20)21/h3-8,11,22H,9-10H2,1-2H3. The zero-order chi connectivity index (χ0) is 22.1. The first-order valence-electron chi connectivity index (χ1n) is 8.77. The lowest BCUT2D eigenvalue weighted by molar-refractivity contribution is -0.139. The first-order chi connectivity index (χ1) is 14.0. The van der Waals surface area contributed by atoms with Crippen molar-refractivity contribution in [1.82, 2.24) is 24.3 Å². The van der Waals surface area contributed by atoms with Crippen LogP contribution in [0.4, 0.5) is 13.2 Å². The minimum Gasteiger partial charge on any atom is -0.268 e. The van der Waals surface area contributed by atoms with Gasteiger partial charge in [0.2, 0.25) is 10.0 Å². The van der Waals surface area contributed by atoms with E-state index in [2.05, 4.69) is 14.9 Å². The van der Waals surface area contributed by atoms with Gasteiger partial charge in [0.15, 0.2) is 5.82 Å². The fraction of sp³-hybridized carbons (Fsp3) is 0.278. The number of nitrogens with one attached hydrogen (secondary N) is 1. The number of hydrogen-bond acceptors (Lipinski definition) is 5. The minimum absolute atomic E-state index is 0.181. The number of nitrogens with zero attached hydrogens (tertiary/aromatic N) is 4. The molecule has 0 aliphatic rings. The predicted octanol–water partition coefficient (Wildman–Crippen LogP) is 2.04. The van der Waals surface area contributed by atoms with Crippen LogP contribution < -0.4 is 10.3 Å². The monoisotopic (exact) mass is 441 g/mol. The Morgan fingerprint density at radius 2 is 1.77 bits per heavy atom. The van der Waals surface area contributed by atoms with Crippen molar-refractivity contribution >= 4 is 10.0 Å². The normalized spacial score (nSPS) is 12.3. The molecule has 2 aromatic heterocycles. The van der Waals surface area contributed by atoms with E-state index in [-0.39, 0.29) is 13.1 Å². The number of rotatable bonds is 6. The molecule has 0 aliphatic carbocycles. The van der Waals surface area contributed by atoms with Crippen molar-refractivity contribution in [3.63, 3.8) is 0 Å². The van der Waals surface area contributed by atoms with E-state index in [9.17, 15) is 26.4 Å². The molecule has 0 atom stereocenters. The molecule has 1 N–H and O–H groups in total. The lowest BCUT2D eigenvalue weighted by Gasteiger charge is -2.14. The molecule has 2 heterocycles. The van der Waals surface area contributed by atoms with Crippen molar-refractivity contribution in [2.24, 2.45) is 0 Å². The van der Waals surface area contributed by atoms with Gasteiger partial charge in [0, 0.05) is 18.3 Å². The Kier molecular flexibility index (Phi) is 5.81. The number of sulfonamides is 1. The first kappa shape index (κ1) is 21.7. The Morgan fingerprint density at radius 1 is 1.07 bits per heavy atom. The lowest BCUT2D eigenvalue weighted by Crippen LogP contribution is -2.33. The van der Waals surface area contributed by atoms with E-state index in [1.54, 1.807) is 6.92 Å². The summed E-state index contributed by atoms with van der Waals surface area (Å²) in [5, 5.41) is 8.42. The number of aromatic nitrogens is 4. The summed E-state index contributed by atoms with van der Waals surface area (Å²) in [5.74, 6) is 0.352. The maximum Gasteiger partial charge on any atom is 0.417 e. The number of hydrogen-bond donors (Lipinski definition) is 1. The van der Waals surface area contributed by atoms with E-state index >= 15 is 0 Å². The van der Waals surface area contributed by atoms with Crippen molar-refractivity contribution in [1.29, 1.82) is 0 Å². The highest BCUT2D eigenvalue weighted by atomic mass is 32.2. The van der Waals surface area contributed by atoms with Crippen LogP contribution >= 0.6 is 0 Å². The average Bonchev–Trinajstić information content (AvgIpc) is 3.00. The van der Waals surface area contributed by atoms with Gasteiger partial charge < -0.3 is 0 Å². The highest BCUT2D eigenvalue weighted by Crippen LogP contribution is 2.33. The van der Waals surface area contributed by atoms with Crippen LogP contribution in [0.3, 0.4) is 0 Å². The summed E-state index contributed by atoms with van der Waals surface area (Å²) in [4.78, 5) is 11.2. The smallest absolute Gasteiger partial charge is 0.268 e. The Balaban J connectivity index is 1.80. The fourth-order valence-corrected chi connectivity index (χ4v) is 4.12. The van der Waals surface area contributed by atoms with Crippen molar-refractivity contribution in [2.75, 3.05) is 6.54 Å². The van der Waals surface area contributed by atoms with Crippen LogP contribution in [-0.2, 0) is 22.7 Å². The molecule has 0 bridgehead atoms. The maximum absolute atomic E-state index is 13.1. The second-order valence-corrected chi connectivity index (χ2v) is 8.22. The van der Waals surface area contributed by atoms with Gasteiger partial charge in [-0.25, -0.2) is 22.5 Å².